The van der Waals surface area contributed by atoms with E-state index in [1.54, 1.807) is 0 Å². The van der Waals surface area contributed by atoms with E-state index in [1.807, 2.05) is 0 Å². The van der Waals surface area contributed by atoms with Crippen LogP contribution in [-0.2, 0) is 14.3 Å². The molecular formula is C8H10N2O3. The van der Waals surface area contributed by atoms with Gasteiger partial charge in [-0.3, -0.25) is 4.79 Å². The molecule has 2 aliphatic rings. The minimum Gasteiger partial charge on any atom is -0.462 e. The van der Waals surface area contributed by atoms with Crippen molar-refractivity contribution in [3.05, 3.63) is 11.3 Å². The highest BCUT2D eigenvalue weighted by Crippen LogP contribution is 2.17. The Bertz CT molecular complexity index is 296. The van der Waals surface area contributed by atoms with Crippen molar-refractivity contribution >= 4 is 11.9 Å². The Labute approximate surface area is 75.1 Å². The molecule has 70 valence electrons. The van der Waals surface area contributed by atoms with Gasteiger partial charge in [-0.2, -0.15) is 0 Å². The minimum atomic E-state index is -0.375. The summed E-state index contributed by atoms with van der Waals surface area (Å²) in [4.78, 5) is 22.4. The zero-order chi connectivity index (χ0) is 9.26. The van der Waals surface area contributed by atoms with Crippen LogP contribution < -0.4 is 10.6 Å². The molecule has 2 aliphatic heterocycles. The van der Waals surface area contributed by atoms with Crippen LogP contribution in [0.15, 0.2) is 11.3 Å². The molecule has 0 atom stereocenters. The molecule has 0 aromatic carbocycles. The lowest BCUT2D eigenvalue weighted by molar-refractivity contribution is -0.135. The van der Waals surface area contributed by atoms with Crippen LogP contribution in [0.5, 0.6) is 0 Å². The minimum absolute atomic E-state index is 0.208. The Morgan fingerprint density at radius 2 is 1.92 bits per heavy atom. The molecule has 5 heteroatoms. The molecule has 0 radical (unpaired) electrons. The van der Waals surface area contributed by atoms with Crippen molar-refractivity contribution in [2.75, 3.05) is 19.7 Å². The van der Waals surface area contributed by atoms with Crippen molar-refractivity contribution in [1.29, 1.82) is 0 Å². The lowest BCUT2D eigenvalue weighted by Gasteiger charge is -2.18. The number of ether oxygens (including phenoxy) is 1. The zero-order valence-electron chi connectivity index (χ0n) is 7.05. The highest BCUT2D eigenvalue weighted by Gasteiger charge is 2.27. The summed E-state index contributed by atoms with van der Waals surface area (Å²) in [5, 5.41) is 5.57. The van der Waals surface area contributed by atoms with Crippen LogP contribution in [0.2, 0.25) is 0 Å². The molecule has 0 aromatic rings. The fraction of sp³-hybridized carbons (Fsp3) is 0.500. The standard InChI is InChI=1S/C8H10N2O3/c11-7-6(9-2-3-10-7)5-1-4-13-8(5)12/h9H,1-4H2,(H,10,11)/b6-5-. The Balaban J connectivity index is 2.29. The van der Waals surface area contributed by atoms with Gasteiger partial charge < -0.3 is 15.4 Å². The normalized spacial score (nSPS) is 28.0. The Morgan fingerprint density at radius 1 is 1.15 bits per heavy atom. The van der Waals surface area contributed by atoms with Crippen LogP contribution in [0.4, 0.5) is 0 Å². The summed E-state index contributed by atoms with van der Waals surface area (Å²) in [5.41, 5.74) is 0.853. The molecule has 2 heterocycles. The summed E-state index contributed by atoms with van der Waals surface area (Å²) >= 11 is 0. The van der Waals surface area contributed by atoms with E-state index in [0.717, 1.165) is 0 Å². The monoisotopic (exact) mass is 182 g/mol. The van der Waals surface area contributed by atoms with E-state index in [9.17, 15) is 9.59 Å². The van der Waals surface area contributed by atoms with Gasteiger partial charge in [0.1, 0.15) is 5.70 Å². The second-order valence-corrected chi connectivity index (χ2v) is 2.92. The van der Waals surface area contributed by atoms with Gasteiger partial charge in [-0.05, 0) is 0 Å². The predicted octanol–water partition coefficient (Wildman–Crippen LogP) is -1.09. The van der Waals surface area contributed by atoms with Crippen molar-refractivity contribution in [1.82, 2.24) is 10.6 Å². The predicted molar refractivity (Wildman–Crippen MR) is 43.6 cm³/mol. The first-order valence-electron chi connectivity index (χ1n) is 4.21. The number of esters is 1. The number of cyclic esters (lactones) is 1. The average Bonchev–Trinajstić information content (AvgIpc) is 2.52. The van der Waals surface area contributed by atoms with E-state index in [2.05, 4.69) is 10.6 Å². The summed E-state index contributed by atoms with van der Waals surface area (Å²) in [6, 6.07) is 0. The van der Waals surface area contributed by atoms with Crippen molar-refractivity contribution in [3.8, 4) is 0 Å². The fourth-order valence-electron chi connectivity index (χ4n) is 1.44. The van der Waals surface area contributed by atoms with Gasteiger partial charge in [0.2, 0.25) is 0 Å². The second-order valence-electron chi connectivity index (χ2n) is 2.92. The number of rotatable bonds is 0. The maximum atomic E-state index is 11.3. The molecule has 13 heavy (non-hydrogen) atoms. The van der Waals surface area contributed by atoms with Gasteiger partial charge in [0.05, 0.1) is 12.2 Å². The fourth-order valence-corrected chi connectivity index (χ4v) is 1.44. The zero-order valence-corrected chi connectivity index (χ0v) is 7.05. The molecule has 0 saturated carbocycles. The number of piperazine rings is 1. The van der Waals surface area contributed by atoms with Gasteiger partial charge in [-0.1, -0.05) is 0 Å². The topological polar surface area (TPSA) is 67.4 Å². The number of carbonyl (C=O) groups is 2. The highest BCUT2D eigenvalue weighted by atomic mass is 16.5. The van der Waals surface area contributed by atoms with E-state index < -0.39 is 0 Å². The summed E-state index contributed by atoms with van der Waals surface area (Å²) in [7, 11) is 0. The molecule has 5 nitrogen and oxygen atoms in total. The van der Waals surface area contributed by atoms with Crippen LogP contribution in [0.1, 0.15) is 6.42 Å². The van der Waals surface area contributed by atoms with Gasteiger partial charge in [-0.15, -0.1) is 0 Å². The number of hydrogen-bond acceptors (Lipinski definition) is 4. The first kappa shape index (κ1) is 8.10. The third-order valence-electron chi connectivity index (χ3n) is 2.07. The maximum Gasteiger partial charge on any atom is 0.336 e. The van der Waals surface area contributed by atoms with E-state index in [-0.39, 0.29) is 11.9 Å². The smallest absolute Gasteiger partial charge is 0.336 e. The van der Waals surface area contributed by atoms with E-state index in [0.29, 0.717) is 37.4 Å². The average molecular weight is 182 g/mol. The lowest BCUT2D eigenvalue weighted by Crippen LogP contribution is -2.44. The van der Waals surface area contributed by atoms with Crippen molar-refractivity contribution < 1.29 is 14.3 Å². The summed E-state index contributed by atoms with van der Waals surface area (Å²) in [5.74, 6) is -0.584. The highest BCUT2D eigenvalue weighted by molar-refractivity contribution is 6.03. The molecule has 2 saturated heterocycles. The van der Waals surface area contributed by atoms with Crippen LogP contribution >= 0.6 is 0 Å². The summed E-state index contributed by atoms with van der Waals surface area (Å²) < 4.78 is 4.75. The Hall–Kier alpha value is -1.52. The Morgan fingerprint density at radius 3 is 2.54 bits per heavy atom. The third kappa shape index (κ3) is 1.37. The number of carbonyl (C=O) groups excluding carboxylic acids is 2. The molecule has 0 bridgehead atoms. The first-order valence-corrected chi connectivity index (χ1v) is 4.21. The molecular weight excluding hydrogens is 172 g/mol. The van der Waals surface area contributed by atoms with Crippen LogP contribution in [0.3, 0.4) is 0 Å². The van der Waals surface area contributed by atoms with Crippen LogP contribution in [-0.4, -0.2) is 31.6 Å². The lowest BCUT2D eigenvalue weighted by atomic mass is 10.1. The molecule has 2 N–H and O–H groups in total. The van der Waals surface area contributed by atoms with Gasteiger partial charge in [0.25, 0.3) is 5.91 Å². The summed E-state index contributed by atoms with van der Waals surface area (Å²) in [6.07, 6.45) is 0.522. The molecule has 2 rings (SSSR count). The molecule has 2 fully saturated rings. The number of amides is 1. The molecule has 0 aliphatic carbocycles. The number of nitrogens with one attached hydrogen (secondary N) is 2. The summed E-state index contributed by atoms with van der Waals surface area (Å²) in [6.45, 7) is 1.65. The van der Waals surface area contributed by atoms with Crippen molar-refractivity contribution in [2.45, 2.75) is 6.42 Å². The van der Waals surface area contributed by atoms with Gasteiger partial charge in [-0.25, -0.2) is 4.79 Å². The van der Waals surface area contributed by atoms with Crippen LogP contribution in [0.25, 0.3) is 0 Å². The van der Waals surface area contributed by atoms with Gasteiger partial charge in [0.15, 0.2) is 0 Å². The molecule has 0 spiro atoms. The third-order valence-corrected chi connectivity index (χ3v) is 2.07. The maximum absolute atomic E-state index is 11.3. The molecule has 1 amide bonds. The van der Waals surface area contributed by atoms with Crippen molar-refractivity contribution in [2.24, 2.45) is 0 Å². The Kier molecular flexibility index (Phi) is 1.92. The first-order chi connectivity index (χ1) is 6.29. The molecule has 0 unspecified atom stereocenters. The van der Waals surface area contributed by atoms with Crippen molar-refractivity contribution in [3.63, 3.8) is 0 Å². The molecule has 0 aromatic heterocycles. The van der Waals surface area contributed by atoms with E-state index in [4.69, 9.17) is 4.74 Å². The van der Waals surface area contributed by atoms with Gasteiger partial charge in [0, 0.05) is 19.5 Å². The quantitative estimate of drug-likeness (QED) is 0.369. The largest absolute Gasteiger partial charge is 0.462 e. The van der Waals surface area contributed by atoms with E-state index in [1.165, 1.54) is 0 Å². The second kappa shape index (κ2) is 3.08. The number of hydrogen-bond donors (Lipinski definition) is 2. The van der Waals surface area contributed by atoms with Crippen LogP contribution in [0, 0.1) is 0 Å². The van der Waals surface area contributed by atoms with E-state index >= 15 is 0 Å². The van der Waals surface area contributed by atoms with Gasteiger partial charge >= 0.3 is 5.97 Å². The SMILES string of the molecule is O=C1OCC/C1=C1/NCCNC1=O.